The van der Waals surface area contributed by atoms with Gasteiger partial charge in [-0.2, -0.15) is 0 Å². The van der Waals surface area contributed by atoms with Gasteiger partial charge in [0.25, 0.3) is 0 Å². The smallest absolute Gasteiger partial charge is 0.0716 e. The molecule has 0 aliphatic rings. The SMILES string of the molecule is CCCCCCCCC(O)CCCCCCCCOCc1ccccc1. The maximum atomic E-state index is 10.0. The maximum Gasteiger partial charge on any atom is 0.0716 e. The Morgan fingerprint density at radius 3 is 1.88 bits per heavy atom. The van der Waals surface area contributed by atoms with E-state index in [1.807, 2.05) is 6.07 Å². The second-order valence-corrected chi connectivity index (χ2v) is 7.66. The second kappa shape index (κ2) is 17.5. The Morgan fingerprint density at radius 2 is 1.27 bits per heavy atom. The summed E-state index contributed by atoms with van der Waals surface area (Å²) >= 11 is 0. The molecule has 0 spiro atoms. The molecule has 0 radical (unpaired) electrons. The van der Waals surface area contributed by atoms with Gasteiger partial charge in [-0.3, -0.25) is 0 Å². The standard InChI is InChI=1S/C24H42O2/c1-2-3-4-5-8-14-19-24(25)20-15-9-6-7-10-16-21-26-22-23-17-12-11-13-18-23/h11-13,17-18,24-25H,2-10,14-16,19-22H2,1H3. The first-order valence-corrected chi connectivity index (χ1v) is 11.1. The zero-order valence-corrected chi connectivity index (χ0v) is 17.1. The van der Waals surface area contributed by atoms with Crippen LogP contribution < -0.4 is 0 Å². The molecule has 1 atom stereocenters. The monoisotopic (exact) mass is 362 g/mol. The molecule has 1 N–H and O–H groups in total. The molecule has 26 heavy (non-hydrogen) atoms. The van der Waals surface area contributed by atoms with Gasteiger partial charge in [0.15, 0.2) is 0 Å². The van der Waals surface area contributed by atoms with E-state index in [2.05, 4.69) is 31.2 Å². The summed E-state index contributed by atoms with van der Waals surface area (Å²) < 4.78 is 5.71. The van der Waals surface area contributed by atoms with Gasteiger partial charge < -0.3 is 9.84 Å². The van der Waals surface area contributed by atoms with E-state index in [1.165, 1.54) is 76.2 Å². The molecule has 2 heteroatoms. The van der Waals surface area contributed by atoms with E-state index in [0.29, 0.717) is 0 Å². The molecule has 1 unspecified atom stereocenters. The predicted molar refractivity (Wildman–Crippen MR) is 112 cm³/mol. The van der Waals surface area contributed by atoms with Gasteiger partial charge in [-0.05, 0) is 24.8 Å². The highest BCUT2D eigenvalue weighted by Gasteiger charge is 2.03. The Bertz CT molecular complexity index is 390. The Hall–Kier alpha value is -0.860. The van der Waals surface area contributed by atoms with Crippen molar-refractivity contribution in [2.75, 3.05) is 6.61 Å². The molecule has 1 aromatic rings. The van der Waals surface area contributed by atoms with Crippen LogP contribution in [0, 0.1) is 0 Å². The zero-order valence-electron chi connectivity index (χ0n) is 17.1. The lowest BCUT2D eigenvalue weighted by Gasteiger charge is -2.10. The van der Waals surface area contributed by atoms with Gasteiger partial charge in [-0.15, -0.1) is 0 Å². The largest absolute Gasteiger partial charge is 0.393 e. The van der Waals surface area contributed by atoms with Crippen molar-refractivity contribution >= 4 is 0 Å². The number of rotatable bonds is 18. The molecule has 0 aromatic heterocycles. The summed E-state index contributed by atoms with van der Waals surface area (Å²) in [5.74, 6) is 0. The Morgan fingerprint density at radius 1 is 0.731 bits per heavy atom. The van der Waals surface area contributed by atoms with Crippen molar-refractivity contribution < 1.29 is 9.84 Å². The van der Waals surface area contributed by atoms with Crippen LogP contribution in [0.15, 0.2) is 30.3 Å². The lowest BCUT2D eigenvalue weighted by Crippen LogP contribution is -2.05. The summed E-state index contributed by atoms with van der Waals surface area (Å²) in [6.45, 7) is 3.85. The van der Waals surface area contributed by atoms with Crippen LogP contribution in [0.4, 0.5) is 0 Å². The number of hydrogen-bond acceptors (Lipinski definition) is 2. The van der Waals surface area contributed by atoms with Gasteiger partial charge in [0, 0.05) is 6.61 Å². The Balaban J connectivity index is 1.77. The molecular weight excluding hydrogens is 320 g/mol. The quantitative estimate of drug-likeness (QED) is 0.284. The summed E-state index contributed by atoms with van der Waals surface area (Å²) in [6, 6.07) is 10.4. The summed E-state index contributed by atoms with van der Waals surface area (Å²) in [7, 11) is 0. The predicted octanol–water partition coefficient (Wildman–Crippen LogP) is 7.05. The van der Waals surface area contributed by atoms with Gasteiger partial charge in [0.2, 0.25) is 0 Å². The molecule has 0 heterocycles. The lowest BCUT2D eigenvalue weighted by molar-refractivity contribution is 0.116. The number of benzene rings is 1. The minimum Gasteiger partial charge on any atom is -0.393 e. The molecular formula is C24H42O2. The minimum absolute atomic E-state index is 0.0624. The molecule has 1 aromatic carbocycles. The van der Waals surface area contributed by atoms with E-state index in [9.17, 15) is 5.11 Å². The molecule has 0 amide bonds. The average molecular weight is 363 g/mol. The van der Waals surface area contributed by atoms with Crippen molar-refractivity contribution in [3.63, 3.8) is 0 Å². The third kappa shape index (κ3) is 14.3. The van der Waals surface area contributed by atoms with Crippen molar-refractivity contribution in [3.05, 3.63) is 35.9 Å². The van der Waals surface area contributed by atoms with Crippen LogP contribution in [0.3, 0.4) is 0 Å². The van der Waals surface area contributed by atoms with E-state index in [0.717, 1.165) is 32.5 Å². The number of hydrogen-bond donors (Lipinski definition) is 1. The molecule has 0 aliphatic heterocycles. The highest BCUT2D eigenvalue weighted by molar-refractivity contribution is 5.13. The molecule has 150 valence electrons. The molecule has 0 saturated carbocycles. The van der Waals surface area contributed by atoms with E-state index in [-0.39, 0.29) is 6.10 Å². The molecule has 2 nitrogen and oxygen atoms in total. The van der Waals surface area contributed by atoms with Crippen LogP contribution in [-0.2, 0) is 11.3 Å². The Labute approximate surface area is 162 Å². The fourth-order valence-corrected chi connectivity index (χ4v) is 3.36. The average Bonchev–Trinajstić information content (AvgIpc) is 2.67. The molecule has 0 fully saturated rings. The number of ether oxygens (including phenoxy) is 1. The fraction of sp³-hybridized carbons (Fsp3) is 0.750. The Kier molecular flexibility index (Phi) is 15.6. The van der Waals surface area contributed by atoms with Gasteiger partial charge in [0.1, 0.15) is 0 Å². The van der Waals surface area contributed by atoms with Crippen molar-refractivity contribution in [3.8, 4) is 0 Å². The summed E-state index contributed by atoms with van der Waals surface area (Å²) in [5, 5.41) is 10.0. The second-order valence-electron chi connectivity index (χ2n) is 7.66. The van der Waals surface area contributed by atoms with E-state index in [4.69, 9.17) is 4.74 Å². The van der Waals surface area contributed by atoms with Crippen LogP contribution >= 0.6 is 0 Å². The third-order valence-electron chi connectivity index (χ3n) is 5.08. The third-order valence-corrected chi connectivity index (χ3v) is 5.08. The van der Waals surface area contributed by atoms with Gasteiger partial charge in [0.05, 0.1) is 12.7 Å². The van der Waals surface area contributed by atoms with Gasteiger partial charge >= 0.3 is 0 Å². The molecule has 0 aliphatic carbocycles. The van der Waals surface area contributed by atoms with E-state index < -0.39 is 0 Å². The van der Waals surface area contributed by atoms with Crippen molar-refractivity contribution in [2.45, 2.75) is 110 Å². The number of aliphatic hydroxyl groups is 1. The molecule has 1 rings (SSSR count). The minimum atomic E-state index is -0.0624. The highest BCUT2D eigenvalue weighted by Crippen LogP contribution is 2.14. The summed E-state index contributed by atoms with van der Waals surface area (Å²) in [4.78, 5) is 0. The molecule has 0 saturated heterocycles. The molecule has 0 bridgehead atoms. The number of aliphatic hydroxyl groups excluding tert-OH is 1. The lowest BCUT2D eigenvalue weighted by atomic mass is 10.0. The summed E-state index contributed by atoms with van der Waals surface area (Å²) in [6.07, 6.45) is 17.3. The highest BCUT2D eigenvalue weighted by atomic mass is 16.5. The first-order valence-electron chi connectivity index (χ1n) is 11.1. The first-order chi connectivity index (χ1) is 12.8. The van der Waals surface area contributed by atoms with Crippen LogP contribution in [0.1, 0.15) is 102 Å². The van der Waals surface area contributed by atoms with Crippen molar-refractivity contribution in [2.24, 2.45) is 0 Å². The van der Waals surface area contributed by atoms with Crippen LogP contribution in [0.2, 0.25) is 0 Å². The first kappa shape index (κ1) is 23.2. The number of unbranched alkanes of at least 4 members (excludes halogenated alkanes) is 10. The fourth-order valence-electron chi connectivity index (χ4n) is 3.36. The normalized spacial score (nSPS) is 12.4. The van der Waals surface area contributed by atoms with Gasteiger partial charge in [-0.25, -0.2) is 0 Å². The van der Waals surface area contributed by atoms with Crippen LogP contribution in [0.5, 0.6) is 0 Å². The van der Waals surface area contributed by atoms with E-state index in [1.54, 1.807) is 0 Å². The van der Waals surface area contributed by atoms with Crippen molar-refractivity contribution in [1.82, 2.24) is 0 Å². The zero-order chi connectivity index (χ0) is 18.7. The topological polar surface area (TPSA) is 29.5 Å². The maximum absolute atomic E-state index is 10.0. The van der Waals surface area contributed by atoms with Crippen molar-refractivity contribution in [1.29, 1.82) is 0 Å². The van der Waals surface area contributed by atoms with Crippen LogP contribution in [0.25, 0.3) is 0 Å². The van der Waals surface area contributed by atoms with Crippen LogP contribution in [-0.4, -0.2) is 17.8 Å². The van der Waals surface area contributed by atoms with E-state index >= 15 is 0 Å². The van der Waals surface area contributed by atoms with Gasteiger partial charge in [-0.1, -0.05) is 108 Å². The summed E-state index contributed by atoms with van der Waals surface area (Å²) in [5.41, 5.74) is 1.26.